The smallest absolute Gasteiger partial charge is 0.463 e. The molecule has 111 heavy (non-hydrogen) atoms. The molecular formula is C93H154O16P2. The van der Waals surface area contributed by atoms with Crippen molar-refractivity contribution < 1.29 is 75.8 Å². The number of carbonyl (C=O) groups is 3. The lowest BCUT2D eigenvalue weighted by Crippen LogP contribution is -2.30. The van der Waals surface area contributed by atoms with E-state index in [0.29, 0.717) is 19.3 Å². The average molecular weight is 1590 g/mol. The van der Waals surface area contributed by atoms with E-state index in [4.69, 9.17) is 32.3 Å². The van der Waals surface area contributed by atoms with Crippen LogP contribution in [0.2, 0.25) is 0 Å². The summed E-state index contributed by atoms with van der Waals surface area (Å²) in [6.45, 7) is 2.28. The molecule has 0 spiro atoms. The molecule has 16 nitrogen and oxygen atoms in total. The molecule has 632 valence electrons. The molecule has 0 aromatic rings. The summed E-state index contributed by atoms with van der Waals surface area (Å²) in [6.07, 6.45) is 110. The third-order valence-corrected chi connectivity index (χ3v) is 19.5. The minimum atomic E-state index is -4.96. The van der Waals surface area contributed by atoms with Crippen molar-refractivity contribution in [3.8, 4) is 0 Å². The molecule has 5 atom stereocenters. The number of ether oxygens (including phenoxy) is 3. The molecule has 0 aliphatic carbocycles. The van der Waals surface area contributed by atoms with Crippen LogP contribution < -0.4 is 0 Å². The van der Waals surface area contributed by atoms with Crippen LogP contribution in [-0.4, -0.2) is 95.9 Å². The summed E-state index contributed by atoms with van der Waals surface area (Å²) >= 11 is 0. The zero-order chi connectivity index (χ0) is 80.8. The van der Waals surface area contributed by atoms with E-state index in [1.165, 1.54) is 103 Å². The quantitative estimate of drug-likeness (QED) is 0.0146. The van der Waals surface area contributed by atoms with Gasteiger partial charge in [0.2, 0.25) is 0 Å². The maximum atomic E-state index is 13.0. The van der Waals surface area contributed by atoms with Crippen LogP contribution in [0.4, 0.5) is 0 Å². The van der Waals surface area contributed by atoms with Gasteiger partial charge in [0.1, 0.15) is 25.4 Å². The van der Waals surface area contributed by atoms with Crippen LogP contribution in [0, 0.1) is 0 Å². The Morgan fingerprint density at radius 1 is 0.252 bits per heavy atom. The number of hydrogen-bond acceptors (Lipinski definition) is 14. The maximum Gasteiger partial charge on any atom is 0.472 e. The van der Waals surface area contributed by atoms with Crippen molar-refractivity contribution in [3.05, 3.63) is 182 Å². The van der Waals surface area contributed by atoms with Gasteiger partial charge in [-0.2, -0.15) is 0 Å². The van der Waals surface area contributed by atoms with Gasteiger partial charge in [-0.15, -0.1) is 0 Å². The summed E-state index contributed by atoms with van der Waals surface area (Å²) in [4.78, 5) is 58.8. The normalized spacial score (nSPS) is 14.8. The molecule has 0 saturated heterocycles. The van der Waals surface area contributed by atoms with Gasteiger partial charge in [-0.05, 0) is 154 Å². The predicted octanol–water partition coefficient (Wildman–Crippen LogP) is 26.1. The molecule has 0 aromatic heterocycles. The highest BCUT2D eigenvalue weighted by Crippen LogP contribution is 2.45. The average Bonchev–Trinajstić information content (AvgIpc) is 0.902. The summed E-state index contributed by atoms with van der Waals surface area (Å²) in [5, 5.41) is 20.7. The molecule has 5 unspecified atom stereocenters. The van der Waals surface area contributed by atoms with E-state index in [9.17, 15) is 43.5 Å². The molecule has 0 rings (SSSR count). The van der Waals surface area contributed by atoms with Crippen molar-refractivity contribution >= 4 is 33.6 Å². The number of esters is 3. The molecule has 0 aliphatic heterocycles. The summed E-state index contributed by atoms with van der Waals surface area (Å²) in [5.74, 6) is -1.65. The molecule has 4 N–H and O–H groups in total. The summed E-state index contributed by atoms with van der Waals surface area (Å²) in [5.41, 5.74) is 0. The lowest BCUT2D eigenvalue weighted by atomic mass is 10.0. The Hall–Kier alpha value is -5.35. The van der Waals surface area contributed by atoms with E-state index in [0.717, 1.165) is 167 Å². The fourth-order valence-corrected chi connectivity index (χ4v) is 12.8. The van der Waals surface area contributed by atoms with Crippen molar-refractivity contribution in [1.29, 1.82) is 0 Å². The minimum absolute atomic E-state index is 0.0723. The van der Waals surface area contributed by atoms with Gasteiger partial charge in [0.25, 0.3) is 0 Å². The van der Waals surface area contributed by atoms with E-state index in [1.807, 2.05) is 0 Å². The highest BCUT2D eigenvalue weighted by Gasteiger charge is 2.29. The van der Waals surface area contributed by atoms with Gasteiger partial charge in [-0.1, -0.05) is 338 Å². The molecule has 0 fully saturated rings. The number of unbranched alkanes of at least 4 members (excludes halogenated alkanes) is 27. The van der Waals surface area contributed by atoms with E-state index >= 15 is 0 Å². The summed E-state index contributed by atoms with van der Waals surface area (Å²) in [6, 6.07) is 0. The van der Waals surface area contributed by atoms with Crippen molar-refractivity contribution in [3.63, 3.8) is 0 Å². The molecular weight excluding hydrogens is 1430 g/mol. The molecule has 0 aliphatic rings. The standard InChI is InChI=1S/C93H154O16P2/c1-4-7-10-13-16-19-22-25-28-31-34-36-37-38-39-40-41-42-43-44-45-46-47-48-49-51-54-55-58-61-64-67-70-73-76-79-91(96)103-82-88(94)83-105-110(99,100)106-84-89(95)85-107-111(101,102)108-87-90(109-93(98)81-78-75-72-69-66-63-60-57-52-33-30-27-24-21-18-15-12-9-6-3)86-104-92(97)80-77-74-71-68-65-62-59-56-53-50-35-32-29-26-23-20-17-14-11-8-5-2/h7-12,16-21,25-30,34-36,38-39,50,52,56-57,59,65,68,88-90,94-95H,4-6,13-15,22-24,31-33,37,40-49,51,53-55,58,60-64,66-67,69-87H2,1-3H3,(H,99,100)(H,101,102)/b10-7-,11-8-,12-9-,19-16-,20-17-,21-18-,28-25-,29-26-,30-27-,36-34-,39-38-,50-35-,57-52-,59-56-,68-65-. The van der Waals surface area contributed by atoms with Crippen molar-refractivity contribution in [2.75, 3.05) is 39.6 Å². The highest BCUT2D eigenvalue weighted by atomic mass is 31.2. The Morgan fingerprint density at radius 3 is 0.730 bits per heavy atom. The number of rotatable bonds is 80. The zero-order valence-corrected chi connectivity index (χ0v) is 71.1. The predicted molar refractivity (Wildman–Crippen MR) is 463 cm³/mol. The van der Waals surface area contributed by atoms with Crippen LogP contribution in [0.5, 0.6) is 0 Å². The second kappa shape index (κ2) is 84.1. The van der Waals surface area contributed by atoms with E-state index < -0.39 is 91.5 Å². The number of carbonyl (C=O) groups excluding carboxylic acids is 3. The molecule has 0 radical (unpaired) electrons. The van der Waals surface area contributed by atoms with E-state index in [-0.39, 0.29) is 19.3 Å². The zero-order valence-electron chi connectivity index (χ0n) is 69.3. The second-order valence-electron chi connectivity index (χ2n) is 28.2. The van der Waals surface area contributed by atoms with Gasteiger partial charge in [-0.3, -0.25) is 32.5 Å². The molecule has 0 bridgehead atoms. The third kappa shape index (κ3) is 85.4. The second-order valence-corrected chi connectivity index (χ2v) is 31.1. The van der Waals surface area contributed by atoms with Crippen LogP contribution in [0.3, 0.4) is 0 Å². The van der Waals surface area contributed by atoms with Crippen LogP contribution in [0.25, 0.3) is 0 Å². The number of hydrogen-bond donors (Lipinski definition) is 4. The first kappa shape index (κ1) is 106. The van der Waals surface area contributed by atoms with Gasteiger partial charge in [0.15, 0.2) is 6.10 Å². The topological polar surface area (TPSA) is 231 Å². The van der Waals surface area contributed by atoms with E-state index in [1.54, 1.807) is 0 Å². The lowest BCUT2D eigenvalue weighted by Gasteiger charge is -2.21. The highest BCUT2D eigenvalue weighted by molar-refractivity contribution is 7.47. The maximum absolute atomic E-state index is 13.0. The lowest BCUT2D eigenvalue weighted by molar-refractivity contribution is -0.161. The van der Waals surface area contributed by atoms with Crippen LogP contribution in [0.1, 0.15) is 329 Å². The first-order valence-electron chi connectivity index (χ1n) is 43.1. The SMILES string of the molecule is CC/C=C\C/C=C\C/C=C\C/C=C\C/C=C\C/C=C\CCCCC(=O)OCC(COP(=O)(O)OCC(O)COP(=O)(O)OCC(O)COC(=O)CCCCCCCCCCCCCCCCCCCCC/C=C\C/C=C\C/C=C\C/C=C\C/C=C\CC)OC(=O)CCCCCCCC/C=C\C/C=C\C/C=C\C/C=C\CC. The Bertz CT molecular complexity index is 2750. The Morgan fingerprint density at radius 2 is 0.450 bits per heavy atom. The Balaban J connectivity index is 4.52. The van der Waals surface area contributed by atoms with Crippen molar-refractivity contribution in [2.24, 2.45) is 0 Å². The number of allylic oxidation sites excluding steroid dienone is 30. The molecule has 0 heterocycles. The number of phosphoric ester groups is 2. The first-order chi connectivity index (χ1) is 54.2. The van der Waals surface area contributed by atoms with Crippen LogP contribution >= 0.6 is 15.6 Å². The van der Waals surface area contributed by atoms with Crippen molar-refractivity contribution in [2.45, 2.75) is 347 Å². The van der Waals surface area contributed by atoms with Gasteiger partial charge >= 0.3 is 33.6 Å². The number of phosphoric acid groups is 2. The van der Waals surface area contributed by atoms with Gasteiger partial charge in [-0.25, -0.2) is 9.13 Å². The van der Waals surface area contributed by atoms with Crippen LogP contribution in [0.15, 0.2) is 182 Å². The minimum Gasteiger partial charge on any atom is -0.463 e. The van der Waals surface area contributed by atoms with E-state index in [2.05, 4.69) is 203 Å². The number of aliphatic hydroxyl groups is 2. The molecule has 0 saturated carbocycles. The largest absolute Gasteiger partial charge is 0.472 e. The third-order valence-electron chi connectivity index (χ3n) is 17.6. The first-order valence-corrected chi connectivity index (χ1v) is 46.1. The van der Waals surface area contributed by atoms with Gasteiger partial charge in [0.05, 0.1) is 26.4 Å². The fraction of sp³-hybridized carbons (Fsp3) is 0.645. The molecule has 0 aromatic carbocycles. The van der Waals surface area contributed by atoms with Crippen LogP contribution in [-0.2, 0) is 55.8 Å². The van der Waals surface area contributed by atoms with Crippen molar-refractivity contribution in [1.82, 2.24) is 0 Å². The summed E-state index contributed by atoms with van der Waals surface area (Å²) in [7, 11) is -9.83. The Kier molecular flexibility index (Phi) is 80.0. The molecule has 0 amide bonds. The fourth-order valence-electron chi connectivity index (χ4n) is 11.2. The monoisotopic (exact) mass is 1590 g/mol. The summed E-state index contributed by atoms with van der Waals surface area (Å²) < 4.78 is 61.2. The molecule has 18 heteroatoms. The number of aliphatic hydroxyl groups excluding tert-OH is 2. The Labute approximate surface area is 675 Å². The van der Waals surface area contributed by atoms with Gasteiger partial charge in [0, 0.05) is 19.3 Å². The van der Waals surface area contributed by atoms with Gasteiger partial charge < -0.3 is 34.2 Å².